The highest BCUT2D eigenvalue weighted by atomic mass is 35.5. The van der Waals surface area contributed by atoms with E-state index in [9.17, 15) is 14.9 Å². The van der Waals surface area contributed by atoms with Crippen LogP contribution in [0, 0.1) is 23.1 Å². The van der Waals surface area contributed by atoms with Crippen LogP contribution in [0.4, 0.5) is 15.8 Å². The minimum Gasteiger partial charge on any atom is -0.397 e. The van der Waals surface area contributed by atoms with E-state index in [-0.39, 0.29) is 68.2 Å². The predicted octanol–water partition coefficient (Wildman–Crippen LogP) is 7.25. The number of nitrogens with two attached hydrogens (primary N) is 1. The molecule has 1 fully saturated rings. The molecular weight excluding hydrogens is 687 g/mol. The summed E-state index contributed by atoms with van der Waals surface area (Å²) in [5.41, 5.74) is 7.07. The number of nitrogens with one attached hydrogen (secondary N) is 1. The number of nitriles is 1. The molecule has 0 saturated carbocycles. The predicted molar refractivity (Wildman–Crippen MR) is 189 cm³/mol. The van der Waals surface area contributed by atoms with Crippen LogP contribution in [0.1, 0.15) is 40.2 Å². The minimum atomic E-state index is -1.01. The second-order valence-corrected chi connectivity index (χ2v) is 13.6. The third kappa shape index (κ3) is 5.63. The Hall–Kier alpha value is -3.75. The number of pyridine rings is 2. The van der Waals surface area contributed by atoms with Gasteiger partial charge in [0.05, 0.1) is 48.9 Å². The number of piperazine rings is 1. The molecular formula is C33H32Cl4FN7O2. The molecule has 1 saturated heterocycles. The summed E-state index contributed by atoms with van der Waals surface area (Å²) in [7, 11) is 0. The Bertz CT molecular complexity index is 1980. The van der Waals surface area contributed by atoms with Crippen molar-refractivity contribution >= 4 is 80.4 Å². The van der Waals surface area contributed by atoms with E-state index < -0.39 is 21.4 Å². The van der Waals surface area contributed by atoms with Crippen LogP contribution >= 0.6 is 46.4 Å². The van der Waals surface area contributed by atoms with E-state index in [1.807, 2.05) is 45.6 Å². The number of nitrogens with zero attached hydrogens (tertiary/aromatic N) is 5. The first kappa shape index (κ1) is 34.6. The molecule has 1 amide bonds. The second kappa shape index (κ2) is 13.0. The smallest absolute Gasteiger partial charge is 0.276 e. The lowest BCUT2D eigenvalue weighted by atomic mass is 9.94. The van der Waals surface area contributed by atoms with Crippen molar-refractivity contribution in [2.75, 3.05) is 23.7 Å². The van der Waals surface area contributed by atoms with Crippen LogP contribution in [0.25, 0.3) is 28.0 Å². The van der Waals surface area contributed by atoms with Crippen molar-refractivity contribution in [2.24, 2.45) is 5.92 Å². The number of aromatic nitrogens is 2. The molecule has 2 aromatic heterocycles. The summed E-state index contributed by atoms with van der Waals surface area (Å²) in [6.45, 7) is 13.8. The summed E-state index contributed by atoms with van der Waals surface area (Å²) in [5, 5.41) is 13.1. The second-order valence-electron chi connectivity index (χ2n) is 12.1. The molecule has 0 spiro atoms. The van der Waals surface area contributed by atoms with Crippen LogP contribution in [0.5, 0.6) is 0 Å². The number of fused-ring (bicyclic) bond motifs is 1. The quantitative estimate of drug-likeness (QED) is 0.123. The SMILES string of the molecule is C=CC(=O)N1[C@H](C)CN(c2c(C#N)c(=O)n(C3=C(C)C=CN[C@@H]3C(C)C)c3nc(-c4c(N)c(Cl)c(Cl)c(F)c4Cl)c(Cl)cc23)C[C@@H]1C. The Labute approximate surface area is 291 Å². The number of hydrogen-bond acceptors (Lipinski definition) is 7. The van der Waals surface area contributed by atoms with Crippen LogP contribution < -0.4 is 21.5 Å². The van der Waals surface area contributed by atoms with Gasteiger partial charge in [-0.15, -0.1) is 0 Å². The zero-order chi connectivity index (χ0) is 34.6. The molecule has 0 radical (unpaired) electrons. The number of rotatable bonds is 5. The summed E-state index contributed by atoms with van der Waals surface area (Å²) >= 11 is 25.7. The zero-order valence-electron chi connectivity index (χ0n) is 26.3. The first-order valence-electron chi connectivity index (χ1n) is 14.8. The standard InChI is InChI=1S/C33H32Cl4FN7O2/c1-7-21(46)44-16(5)12-43(13-17(44)6)31-18-10-20(34)29(22-23(35)26(38)24(36)25(37)27(22)40)42-32(18)45(33(47)19(31)11-39)30-15(4)8-9-41-28(30)14(2)3/h7-10,14,16-17,28,41H,1,12-13,40H2,2-6H3/t16-,17+,28-/m1/s1. The number of benzene rings is 1. The van der Waals surface area contributed by atoms with Gasteiger partial charge in [-0.25, -0.2) is 9.37 Å². The molecule has 3 atom stereocenters. The zero-order valence-corrected chi connectivity index (χ0v) is 29.3. The van der Waals surface area contributed by atoms with Gasteiger partial charge in [0, 0.05) is 36.1 Å². The number of carbonyl (C=O) groups excluding carboxylic acids is 1. The normalized spacial score (nSPS) is 19.7. The van der Waals surface area contributed by atoms with Crippen molar-refractivity contribution in [3.63, 3.8) is 0 Å². The average molecular weight is 719 g/mol. The number of carbonyl (C=O) groups is 1. The van der Waals surface area contributed by atoms with Gasteiger partial charge in [-0.1, -0.05) is 66.8 Å². The Balaban J connectivity index is 1.92. The van der Waals surface area contributed by atoms with Crippen LogP contribution in [0.3, 0.4) is 0 Å². The van der Waals surface area contributed by atoms with Crippen LogP contribution in [-0.4, -0.2) is 51.6 Å². The Morgan fingerprint density at radius 3 is 2.40 bits per heavy atom. The molecule has 2 aliphatic heterocycles. The number of nitrogen functional groups attached to an aromatic ring is 1. The lowest BCUT2D eigenvalue weighted by molar-refractivity contribution is -0.130. The van der Waals surface area contributed by atoms with E-state index in [1.165, 1.54) is 10.6 Å². The van der Waals surface area contributed by atoms with E-state index >= 15 is 4.39 Å². The topological polar surface area (TPSA) is 120 Å². The molecule has 5 rings (SSSR count). The molecule has 2 aliphatic rings. The molecule has 4 heterocycles. The molecule has 47 heavy (non-hydrogen) atoms. The lowest BCUT2D eigenvalue weighted by Gasteiger charge is -2.45. The average Bonchev–Trinajstić information content (AvgIpc) is 3.02. The van der Waals surface area contributed by atoms with Gasteiger partial charge in [-0.2, -0.15) is 5.26 Å². The van der Waals surface area contributed by atoms with Crippen molar-refractivity contribution < 1.29 is 9.18 Å². The largest absolute Gasteiger partial charge is 0.397 e. The lowest BCUT2D eigenvalue weighted by Crippen LogP contribution is -2.58. The number of anilines is 2. The summed E-state index contributed by atoms with van der Waals surface area (Å²) in [4.78, 5) is 35.8. The van der Waals surface area contributed by atoms with E-state index in [4.69, 9.17) is 57.1 Å². The number of allylic oxidation sites excluding steroid dienone is 2. The van der Waals surface area contributed by atoms with Crippen LogP contribution in [0.15, 0.2) is 41.4 Å². The van der Waals surface area contributed by atoms with E-state index in [2.05, 4.69) is 18.0 Å². The van der Waals surface area contributed by atoms with Gasteiger partial charge < -0.3 is 20.9 Å². The minimum absolute atomic E-state index is 0.00794. The third-order valence-corrected chi connectivity index (χ3v) is 10.1. The maximum Gasteiger partial charge on any atom is 0.276 e. The highest BCUT2D eigenvalue weighted by Crippen LogP contribution is 2.47. The molecule has 14 heteroatoms. The molecule has 1 aromatic carbocycles. The summed E-state index contributed by atoms with van der Waals surface area (Å²) in [5.74, 6) is -1.22. The van der Waals surface area contributed by atoms with Gasteiger partial charge in [0.15, 0.2) is 5.82 Å². The maximum absolute atomic E-state index is 15.2. The summed E-state index contributed by atoms with van der Waals surface area (Å²) < 4.78 is 16.6. The highest BCUT2D eigenvalue weighted by Gasteiger charge is 2.36. The summed E-state index contributed by atoms with van der Waals surface area (Å²) in [6.07, 6.45) is 4.89. The molecule has 0 bridgehead atoms. The summed E-state index contributed by atoms with van der Waals surface area (Å²) in [6, 6.07) is 2.77. The van der Waals surface area contributed by atoms with Gasteiger partial charge in [0.1, 0.15) is 17.3 Å². The number of dihydropyridines is 1. The van der Waals surface area contributed by atoms with Crippen molar-refractivity contribution in [3.05, 3.63) is 78.4 Å². The number of amides is 1. The van der Waals surface area contributed by atoms with Crippen molar-refractivity contribution in [3.8, 4) is 17.3 Å². The van der Waals surface area contributed by atoms with E-state index in [1.54, 1.807) is 17.2 Å². The van der Waals surface area contributed by atoms with Crippen LogP contribution in [0.2, 0.25) is 20.1 Å². The van der Waals surface area contributed by atoms with Crippen molar-refractivity contribution in [2.45, 2.75) is 52.7 Å². The number of halogens is 5. The highest BCUT2D eigenvalue weighted by molar-refractivity contribution is 6.46. The fraction of sp³-hybridized carbons (Fsp3) is 0.333. The molecule has 246 valence electrons. The van der Waals surface area contributed by atoms with E-state index in [0.29, 0.717) is 29.9 Å². The van der Waals surface area contributed by atoms with Crippen molar-refractivity contribution in [1.82, 2.24) is 19.8 Å². The molecule has 9 nitrogen and oxygen atoms in total. The molecule has 3 N–H and O–H groups in total. The van der Waals surface area contributed by atoms with Gasteiger partial charge in [-0.3, -0.25) is 14.2 Å². The van der Waals surface area contributed by atoms with Gasteiger partial charge in [0.25, 0.3) is 5.56 Å². The van der Waals surface area contributed by atoms with E-state index in [0.717, 1.165) is 5.57 Å². The monoisotopic (exact) mass is 717 g/mol. The molecule has 3 aromatic rings. The fourth-order valence-corrected chi connectivity index (χ4v) is 7.48. The Morgan fingerprint density at radius 2 is 1.83 bits per heavy atom. The maximum atomic E-state index is 15.2. The van der Waals surface area contributed by atoms with Gasteiger partial charge in [0.2, 0.25) is 5.91 Å². The first-order chi connectivity index (χ1) is 22.2. The first-order valence-corrected chi connectivity index (χ1v) is 16.3. The van der Waals surface area contributed by atoms with Crippen molar-refractivity contribution in [1.29, 1.82) is 5.26 Å². The third-order valence-electron chi connectivity index (χ3n) is 8.61. The van der Waals surface area contributed by atoms with Crippen LogP contribution in [-0.2, 0) is 4.79 Å². The number of hydrogen-bond donors (Lipinski definition) is 2. The molecule has 0 unspecified atom stereocenters. The van der Waals surface area contributed by atoms with Gasteiger partial charge in [-0.05, 0) is 56.7 Å². The van der Waals surface area contributed by atoms with Gasteiger partial charge >= 0.3 is 0 Å². The fourth-order valence-electron chi connectivity index (χ4n) is 6.53. The molecule has 0 aliphatic carbocycles. The Morgan fingerprint density at radius 1 is 1.19 bits per heavy atom. The Kier molecular flexibility index (Phi) is 9.59.